The number of nitrogens with zero attached hydrogens (tertiary/aromatic N) is 1. The van der Waals surface area contributed by atoms with Gasteiger partial charge in [-0.25, -0.2) is 0 Å². The van der Waals surface area contributed by atoms with E-state index in [9.17, 15) is 5.26 Å². The summed E-state index contributed by atoms with van der Waals surface area (Å²) in [6, 6.07) is 13.8. The highest BCUT2D eigenvalue weighted by atomic mass is 15.1. The van der Waals surface area contributed by atoms with E-state index in [2.05, 4.69) is 21.4 Å². The third kappa shape index (κ3) is 1.54. The number of fused-ring (bicyclic) bond motifs is 1. The van der Waals surface area contributed by atoms with Gasteiger partial charge in [0.1, 0.15) is 23.3 Å². The van der Waals surface area contributed by atoms with Crippen molar-refractivity contribution in [1.82, 2.24) is 9.97 Å². The largest absolute Gasteiger partial charge is 0.348 e. The first-order valence-electron chi connectivity index (χ1n) is 5.29. The fourth-order valence-electron chi connectivity index (χ4n) is 1.89. The SMILES string of the molecule is N#Cc1c(Nc2ccc[nH]2)[nH]c2ccccc12. The summed E-state index contributed by atoms with van der Waals surface area (Å²) < 4.78 is 0. The molecule has 0 amide bonds. The summed E-state index contributed by atoms with van der Waals surface area (Å²) in [4.78, 5) is 6.24. The zero-order valence-electron chi connectivity index (χ0n) is 8.99. The Hall–Kier alpha value is -2.67. The van der Waals surface area contributed by atoms with Crippen molar-refractivity contribution < 1.29 is 0 Å². The minimum absolute atomic E-state index is 0.634. The Morgan fingerprint density at radius 2 is 2.00 bits per heavy atom. The smallest absolute Gasteiger partial charge is 0.128 e. The molecule has 3 N–H and O–H groups in total. The van der Waals surface area contributed by atoms with Crippen LogP contribution in [0.25, 0.3) is 10.9 Å². The fourth-order valence-corrected chi connectivity index (χ4v) is 1.89. The number of benzene rings is 1. The minimum atomic E-state index is 0.634. The molecule has 0 saturated carbocycles. The van der Waals surface area contributed by atoms with Gasteiger partial charge in [0.15, 0.2) is 0 Å². The molecule has 4 nitrogen and oxygen atoms in total. The second-order valence-electron chi connectivity index (χ2n) is 3.74. The Kier molecular flexibility index (Phi) is 2.09. The number of H-pyrrole nitrogens is 2. The van der Waals surface area contributed by atoms with Crippen molar-refractivity contribution in [3.8, 4) is 6.07 Å². The third-order valence-electron chi connectivity index (χ3n) is 2.68. The van der Waals surface area contributed by atoms with Crippen LogP contribution in [0.1, 0.15) is 5.56 Å². The molecule has 0 radical (unpaired) electrons. The van der Waals surface area contributed by atoms with Crippen LogP contribution in [-0.4, -0.2) is 9.97 Å². The van der Waals surface area contributed by atoms with Gasteiger partial charge in [0.2, 0.25) is 0 Å². The summed E-state index contributed by atoms with van der Waals surface area (Å²) >= 11 is 0. The molecule has 1 aromatic carbocycles. The van der Waals surface area contributed by atoms with Crippen LogP contribution in [0.3, 0.4) is 0 Å². The lowest BCUT2D eigenvalue weighted by atomic mass is 10.2. The Labute approximate surface area is 97.9 Å². The van der Waals surface area contributed by atoms with E-state index in [0.717, 1.165) is 22.5 Å². The highest BCUT2D eigenvalue weighted by Crippen LogP contribution is 2.27. The van der Waals surface area contributed by atoms with E-state index in [1.165, 1.54) is 0 Å². The number of anilines is 2. The molecule has 0 aliphatic heterocycles. The van der Waals surface area contributed by atoms with Crippen LogP contribution in [0.2, 0.25) is 0 Å². The van der Waals surface area contributed by atoms with E-state index < -0.39 is 0 Å². The molecule has 4 heteroatoms. The molecule has 2 heterocycles. The van der Waals surface area contributed by atoms with Crippen molar-refractivity contribution in [2.24, 2.45) is 0 Å². The van der Waals surface area contributed by atoms with Crippen molar-refractivity contribution in [2.45, 2.75) is 0 Å². The quantitative estimate of drug-likeness (QED) is 0.623. The van der Waals surface area contributed by atoms with E-state index in [0.29, 0.717) is 5.56 Å². The molecule has 3 aromatic rings. The van der Waals surface area contributed by atoms with Crippen molar-refractivity contribution in [1.29, 1.82) is 5.26 Å². The fraction of sp³-hybridized carbons (Fsp3) is 0. The van der Waals surface area contributed by atoms with E-state index >= 15 is 0 Å². The predicted molar refractivity (Wildman–Crippen MR) is 67.1 cm³/mol. The predicted octanol–water partition coefficient (Wildman–Crippen LogP) is 3.11. The maximum absolute atomic E-state index is 9.21. The Balaban J connectivity index is 2.13. The van der Waals surface area contributed by atoms with Gasteiger partial charge in [-0.3, -0.25) is 0 Å². The number of rotatable bonds is 2. The molecule has 0 aliphatic rings. The molecule has 0 unspecified atom stereocenters. The van der Waals surface area contributed by atoms with Crippen LogP contribution in [0.4, 0.5) is 11.6 Å². The lowest BCUT2D eigenvalue weighted by Crippen LogP contribution is -1.92. The lowest BCUT2D eigenvalue weighted by Gasteiger charge is -2.00. The minimum Gasteiger partial charge on any atom is -0.348 e. The molecule has 0 saturated heterocycles. The van der Waals surface area contributed by atoms with Gasteiger partial charge >= 0.3 is 0 Å². The molecular weight excluding hydrogens is 212 g/mol. The number of nitriles is 1. The van der Waals surface area contributed by atoms with Gasteiger partial charge in [-0.1, -0.05) is 18.2 Å². The average molecular weight is 222 g/mol. The standard InChI is InChI=1S/C13H10N4/c14-8-10-9-4-1-2-5-11(9)16-13(10)17-12-6-3-7-15-12/h1-7,15-17H. The summed E-state index contributed by atoms with van der Waals surface area (Å²) in [5.41, 5.74) is 1.59. The number of hydrogen-bond donors (Lipinski definition) is 3. The van der Waals surface area contributed by atoms with Crippen molar-refractivity contribution in [3.05, 3.63) is 48.2 Å². The van der Waals surface area contributed by atoms with Gasteiger partial charge < -0.3 is 15.3 Å². The van der Waals surface area contributed by atoms with E-state index in [4.69, 9.17) is 0 Å². The molecule has 3 rings (SSSR count). The molecule has 0 atom stereocenters. The van der Waals surface area contributed by atoms with Crippen molar-refractivity contribution in [3.63, 3.8) is 0 Å². The molecule has 0 fully saturated rings. The summed E-state index contributed by atoms with van der Waals surface area (Å²) in [6.07, 6.45) is 1.83. The molecular formula is C13H10N4. The van der Waals surface area contributed by atoms with Crippen LogP contribution in [-0.2, 0) is 0 Å². The van der Waals surface area contributed by atoms with Crippen LogP contribution < -0.4 is 5.32 Å². The first-order chi connectivity index (χ1) is 8.38. The highest BCUT2D eigenvalue weighted by Gasteiger charge is 2.10. The van der Waals surface area contributed by atoms with Crippen LogP contribution in [0.15, 0.2) is 42.6 Å². The Bertz CT molecular complexity index is 686. The second kappa shape index (κ2) is 3.72. The van der Waals surface area contributed by atoms with Gasteiger partial charge in [-0.2, -0.15) is 5.26 Å². The number of hydrogen-bond acceptors (Lipinski definition) is 2. The Morgan fingerprint density at radius 3 is 2.76 bits per heavy atom. The second-order valence-corrected chi connectivity index (χ2v) is 3.74. The van der Waals surface area contributed by atoms with Gasteiger partial charge in [0.25, 0.3) is 0 Å². The monoisotopic (exact) mass is 222 g/mol. The maximum atomic E-state index is 9.21. The maximum Gasteiger partial charge on any atom is 0.128 e. The van der Waals surface area contributed by atoms with Gasteiger partial charge in [0.05, 0.1) is 0 Å². The van der Waals surface area contributed by atoms with Gasteiger partial charge in [-0.15, -0.1) is 0 Å². The van der Waals surface area contributed by atoms with Gasteiger partial charge in [0, 0.05) is 17.1 Å². The molecule has 0 aliphatic carbocycles. The zero-order valence-corrected chi connectivity index (χ0v) is 8.99. The molecule has 0 spiro atoms. The number of aromatic nitrogens is 2. The summed E-state index contributed by atoms with van der Waals surface area (Å²) in [5.74, 6) is 1.57. The van der Waals surface area contributed by atoms with E-state index in [-0.39, 0.29) is 0 Å². The van der Waals surface area contributed by atoms with Crippen LogP contribution in [0, 0.1) is 11.3 Å². The Morgan fingerprint density at radius 1 is 1.12 bits per heavy atom. The average Bonchev–Trinajstić information content (AvgIpc) is 2.96. The first kappa shape index (κ1) is 9.55. The number of nitrogens with one attached hydrogen (secondary N) is 3. The number of aromatic amines is 2. The highest BCUT2D eigenvalue weighted by molar-refractivity contribution is 5.92. The normalized spacial score (nSPS) is 10.3. The van der Waals surface area contributed by atoms with Crippen LogP contribution >= 0.6 is 0 Å². The topological polar surface area (TPSA) is 67.4 Å². The molecule has 17 heavy (non-hydrogen) atoms. The molecule has 0 bridgehead atoms. The first-order valence-corrected chi connectivity index (χ1v) is 5.29. The van der Waals surface area contributed by atoms with Crippen molar-refractivity contribution >= 4 is 22.5 Å². The number of para-hydroxylation sites is 1. The summed E-state index contributed by atoms with van der Waals surface area (Å²) in [5, 5.41) is 13.3. The van der Waals surface area contributed by atoms with Crippen molar-refractivity contribution in [2.75, 3.05) is 5.32 Å². The van der Waals surface area contributed by atoms with E-state index in [1.807, 2.05) is 42.6 Å². The van der Waals surface area contributed by atoms with E-state index in [1.54, 1.807) is 0 Å². The molecule has 82 valence electrons. The zero-order chi connectivity index (χ0) is 11.7. The van der Waals surface area contributed by atoms with Gasteiger partial charge in [-0.05, 0) is 18.2 Å². The lowest BCUT2D eigenvalue weighted by molar-refractivity contribution is 1.33. The summed E-state index contributed by atoms with van der Waals surface area (Å²) in [7, 11) is 0. The molecule has 2 aromatic heterocycles. The third-order valence-corrected chi connectivity index (χ3v) is 2.68. The van der Waals surface area contributed by atoms with Crippen LogP contribution in [0.5, 0.6) is 0 Å². The summed E-state index contributed by atoms with van der Waals surface area (Å²) in [6.45, 7) is 0.